The number of anilines is 1. The average Bonchev–Trinajstić information content (AvgIpc) is 3.64. The smallest absolute Gasteiger partial charge is 0.475 e. The lowest BCUT2D eigenvalue weighted by atomic mass is 10.0. The molecule has 13 heteroatoms. The van der Waals surface area contributed by atoms with Crippen molar-refractivity contribution in [3.8, 4) is 28.6 Å². The molecule has 40 heavy (non-hydrogen) atoms. The number of carboxylic acids is 1. The van der Waals surface area contributed by atoms with E-state index in [4.69, 9.17) is 21.5 Å². The third kappa shape index (κ3) is 6.73. The molecule has 0 bridgehead atoms. The van der Waals surface area contributed by atoms with Crippen molar-refractivity contribution in [2.24, 2.45) is 0 Å². The van der Waals surface area contributed by atoms with Gasteiger partial charge >= 0.3 is 12.1 Å². The zero-order valence-corrected chi connectivity index (χ0v) is 22.0. The molecule has 0 saturated carbocycles. The number of aromatic nitrogens is 2. The second kappa shape index (κ2) is 12.4. The number of piperazine rings is 1. The van der Waals surface area contributed by atoms with Gasteiger partial charge in [-0.2, -0.15) is 18.4 Å². The van der Waals surface area contributed by atoms with Crippen LogP contribution in [-0.4, -0.2) is 77.3 Å². The van der Waals surface area contributed by atoms with E-state index in [1.54, 1.807) is 12.3 Å². The van der Waals surface area contributed by atoms with E-state index < -0.39 is 12.1 Å². The van der Waals surface area contributed by atoms with Crippen LogP contribution in [0.1, 0.15) is 28.8 Å². The third-order valence-electron chi connectivity index (χ3n) is 6.55. The summed E-state index contributed by atoms with van der Waals surface area (Å²) in [4.78, 5) is 33.9. The van der Waals surface area contributed by atoms with Crippen molar-refractivity contribution in [2.45, 2.75) is 19.0 Å². The van der Waals surface area contributed by atoms with E-state index in [-0.39, 0.29) is 5.91 Å². The number of nitrogens with zero attached hydrogens (tertiary/aromatic N) is 4. The summed E-state index contributed by atoms with van der Waals surface area (Å²) in [5.41, 5.74) is 4.52. The number of carbonyl (C=O) groups is 2. The summed E-state index contributed by atoms with van der Waals surface area (Å²) < 4.78 is 31.7. The van der Waals surface area contributed by atoms with Crippen molar-refractivity contribution in [1.29, 1.82) is 5.26 Å². The van der Waals surface area contributed by atoms with Gasteiger partial charge < -0.3 is 25.2 Å². The first kappa shape index (κ1) is 28.9. The lowest BCUT2D eigenvalue weighted by Gasteiger charge is -2.28. The van der Waals surface area contributed by atoms with Gasteiger partial charge in [0.2, 0.25) is 0 Å². The highest BCUT2D eigenvalue weighted by molar-refractivity contribution is 6.34. The van der Waals surface area contributed by atoms with E-state index in [0.29, 0.717) is 16.1 Å². The van der Waals surface area contributed by atoms with Crippen LogP contribution in [-0.2, 0) is 4.79 Å². The number of pyridine rings is 1. The predicted molar refractivity (Wildman–Crippen MR) is 143 cm³/mol. The number of hydrogen-bond acceptors (Lipinski definition) is 6. The minimum Gasteiger partial charge on any atom is -0.475 e. The highest BCUT2D eigenvalue weighted by Crippen LogP contribution is 2.31. The Morgan fingerprint density at radius 2 is 1.70 bits per heavy atom. The molecule has 4 heterocycles. The number of alkyl halides is 3. The number of amides is 1. The van der Waals surface area contributed by atoms with Crippen LogP contribution in [0.5, 0.6) is 0 Å². The van der Waals surface area contributed by atoms with Gasteiger partial charge in [-0.1, -0.05) is 17.7 Å². The van der Waals surface area contributed by atoms with E-state index in [0.717, 1.165) is 80.4 Å². The fraction of sp³-hybridized carbons (Fsp3) is 0.333. The molecule has 5 rings (SSSR count). The highest BCUT2D eigenvalue weighted by atomic mass is 35.5. The predicted octanol–water partition coefficient (Wildman–Crippen LogP) is 4.55. The maximum atomic E-state index is 12.9. The molecule has 2 saturated heterocycles. The summed E-state index contributed by atoms with van der Waals surface area (Å²) in [5.74, 6) is -1.93. The number of hydrogen-bond donors (Lipinski definition) is 3. The molecule has 2 fully saturated rings. The molecule has 0 unspecified atom stereocenters. The molecule has 3 aromatic rings. The van der Waals surface area contributed by atoms with Crippen LogP contribution in [0.2, 0.25) is 5.02 Å². The van der Waals surface area contributed by atoms with E-state index in [2.05, 4.69) is 26.3 Å². The molecule has 2 aliphatic heterocycles. The van der Waals surface area contributed by atoms with Crippen molar-refractivity contribution in [1.82, 2.24) is 20.2 Å². The van der Waals surface area contributed by atoms with Gasteiger partial charge in [0, 0.05) is 62.3 Å². The maximum Gasteiger partial charge on any atom is 0.490 e. The first-order valence-corrected chi connectivity index (χ1v) is 12.9. The summed E-state index contributed by atoms with van der Waals surface area (Å²) in [6, 6.07) is 13.6. The van der Waals surface area contributed by atoms with E-state index in [1.807, 2.05) is 35.2 Å². The van der Waals surface area contributed by atoms with Crippen LogP contribution >= 0.6 is 11.6 Å². The Kier molecular flexibility index (Phi) is 8.96. The van der Waals surface area contributed by atoms with Crippen molar-refractivity contribution >= 4 is 29.3 Å². The molecule has 3 N–H and O–H groups in total. The Morgan fingerprint density at radius 1 is 1.02 bits per heavy atom. The van der Waals surface area contributed by atoms with E-state index in [1.165, 1.54) is 0 Å². The van der Waals surface area contributed by atoms with Crippen molar-refractivity contribution < 1.29 is 27.9 Å². The minimum atomic E-state index is -5.08. The number of nitriles is 1. The Hall–Kier alpha value is -4.08. The molecule has 0 radical (unpaired) electrons. The van der Waals surface area contributed by atoms with Crippen molar-refractivity contribution in [3.05, 3.63) is 58.7 Å². The molecule has 9 nitrogen and oxygen atoms in total. The van der Waals surface area contributed by atoms with Crippen LogP contribution in [0.25, 0.3) is 22.5 Å². The van der Waals surface area contributed by atoms with Gasteiger partial charge in [0.05, 0.1) is 21.8 Å². The Bertz CT molecular complexity index is 1420. The highest BCUT2D eigenvalue weighted by Gasteiger charge is 2.38. The standard InChI is InChI=1S/C25H25ClN6O.C2HF3O2/c26-21-4-3-17(13-20(21)25(33)32-9-1-2-10-32)22-14-18(5-6-29-22)23-15-19(16-27)24(30-23)31-11-7-28-8-12-31;3-2(4,5)1(6)7/h3-6,13-15,28,30H,1-2,7-12H2;(H,6,7). The normalized spacial score (nSPS) is 15.3. The van der Waals surface area contributed by atoms with E-state index >= 15 is 0 Å². The number of rotatable bonds is 4. The lowest BCUT2D eigenvalue weighted by Crippen LogP contribution is -2.44. The number of aliphatic carboxylic acids is 1. The number of carboxylic acid groups (broad SMARTS) is 1. The molecular formula is C27H26ClF3N6O3. The Morgan fingerprint density at radius 3 is 2.33 bits per heavy atom. The van der Waals surface area contributed by atoms with Crippen LogP contribution in [0.3, 0.4) is 0 Å². The number of benzene rings is 1. The lowest BCUT2D eigenvalue weighted by molar-refractivity contribution is -0.192. The number of likely N-dealkylation sites (tertiary alicyclic amines) is 1. The molecule has 1 amide bonds. The Labute approximate surface area is 233 Å². The summed E-state index contributed by atoms with van der Waals surface area (Å²) in [6.07, 6.45) is -1.27. The first-order valence-electron chi connectivity index (χ1n) is 12.5. The first-order chi connectivity index (χ1) is 19.1. The molecule has 210 valence electrons. The second-order valence-electron chi connectivity index (χ2n) is 9.22. The van der Waals surface area contributed by atoms with Gasteiger partial charge in [0.15, 0.2) is 0 Å². The SMILES string of the molecule is N#Cc1cc(-c2ccnc(-c3ccc(Cl)c(C(=O)N4CCCC4)c3)c2)[nH]c1N1CCNCC1.O=C(O)C(F)(F)F. The van der Waals surface area contributed by atoms with E-state index in [9.17, 15) is 23.2 Å². The zero-order valence-electron chi connectivity index (χ0n) is 21.3. The molecule has 0 aliphatic carbocycles. The number of nitrogens with one attached hydrogen (secondary N) is 2. The zero-order chi connectivity index (χ0) is 28.9. The third-order valence-corrected chi connectivity index (χ3v) is 6.88. The molecular weight excluding hydrogens is 549 g/mol. The van der Waals surface area contributed by atoms with Gasteiger partial charge in [-0.05, 0) is 43.2 Å². The fourth-order valence-electron chi connectivity index (χ4n) is 4.52. The van der Waals surface area contributed by atoms with Crippen LogP contribution in [0, 0.1) is 11.3 Å². The molecule has 2 aliphatic rings. The summed E-state index contributed by atoms with van der Waals surface area (Å²) >= 11 is 6.38. The Balaban J connectivity index is 0.000000470. The summed E-state index contributed by atoms with van der Waals surface area (Å²) in [5, 5.41) is 20.6. The van der Waals surface area contributed by atoms with Crippen molar-refractivity contribution in [2.75, 3.05) is 44.2 Å². The second-order valence-corrected chi connectivity index (χ2v) is 9.63. The monoisotopic (exact) mass is 574 g/mol. The van der Waals surface area contributed by atoms with Gasteiger partial charge in [-0.25, -0.2) is 4.79 Å². The van der Waals surface area contributed by atoms with Crippen LogP contribution in [0.15, 0.2) is 42.6 Å². The maximum absolute atomic E-state index is 12.9. The van der Waals surface area contributed by atoms with Crippen LogP contribution in [0.4, 0.5) is 19.0 Å². The molecule has 0 spiro atoms. The van der Waals surface area contributed by atoms with Gasteiger partial charge in [-0.3, -0.25) is 9.78 Å². The minimum absolute atomic E-state index is 0.0285. The van der Waals surface area contributed by atoms with Crippen molar-refractivity contribution in [3.63, 3.8) is 0 Å². The molecule has 2 aromatic heterocycles. The van der Waals surface area contributed by atoms with Crippen LogP contribution < -0.4 is 10.2 Å². The summed E-state index contributed by atoms with van der Waals surface area (Å²) in [7, 11) is 0. The van der Waals surface area contributed by atoms with Gasteiger partial charge in [0.25, 0.3) is 5.91 Å². The largest absolute Gasteiger partial charge is 0.490 e. The molecule has 1 aromatic carbocycles. The average molecular weight is 575 g/mol. The number of aromatic amines is 1. The summed E-state index contributed by atoms with van der Waals surface area (Å²) in [6.45, 7) is 5.05. The number of carbonyl (C=O) groups excluding carboxylic acids is 1. The topological polar surface area (TPSA) is 125 Å². The van der Waals surface area contributed by atoms with Gasteiger partial charge in [-0.15, -0.1) is 0 Å². The number of halogens is 4. The number of H-pyrrole nitrogens is 1. The molecule has 0 atom stereocenters. The quantitative estimate of drug-likeness (QED) is 0.417. The van der Waals surface area contributed by atoms with Gasteiger partial charge in [0.1, 0.15) is 11.9 Å². The fourth-order valence-corrected chi connectivity index (χ4v) is 4.72.